The average molecular weight is 454 g/mol. The number of hydrogen-bond acceptors (Lipinski definition) is 5. The van der Waals surface area contributed by atoms with Gasteiger partial charge in [-0.2, -0.15) is 0 Å². The Hall–Kier alpha value is -3.35. The molecule has 0 amide bonds. The highest BCUT2D eigenvalue weighted by atomic mass is 16.1. The van der Waals surface area contributed by atoms with Crippen LogP contribution in [0, 0.1) is 13.8 Å². The first-order valence-electron chi connectivity index (χ1n) is 11.9. The zero-order valence-electron chi connectivity index (χ0n) is 20.1. The van der Waals surface area contributed by atoms with E-state index in [4.69, 9.17) is 0 Å². The third kappa shape index (κ3) is 4.52. The van der Waals surface area contributed by atoms with E-state index >= 15 is 0 Å². The van der Waals surface area contributed by atoms with Crippen molar-refractivity contribution in [3.8, 4) is 16.8 Å². The number of rotatable bonds is 6. The van der Waals surface area contributed by atoms with Crippen LogP contribution < -0.4 is 10.9 Å². The smallest absolute Gasteiger partial charge is 0.267 e. The lowest BCUT2D eigenvalue weighted by molar-refractivity contribution is 0.294. The molecule has 2 aromatic heterocycles. The van der Waals surface area contributed by atoms with Gasteiger partial charge >= 0.3 is 0 Å². The molecule has 6 heteroatoms. The Balaban J connectivity index is 1.69. The zero-order valence-corrected chi connectivity index (χ0v) is 20.1. The van der Waals surface area contributed by atoms with Crippen molar-refractivity contribution in [2.75, 3.05) is 20.1 Å². The molecule has 1 N–H and O–H groups in total. The van der Waals surface area contributed by atoms with Crippen LogP contribution in [0.25, 0.3) is 27.8 Å². The van der Waals surface area contributed by atoms with Gasteiger partial charge < -0.3 is 10.2 Å². The van der Waals surface area contributed by atoms with Gasteiger partial charge in [0.15, 0.2) is 5.65 Å². The predicted octanol–water partition coefficient (Wildman–Crippen LogP) is 4.25. The largest absolute Gasteiger partial charge is 0.313 e. The molecule has 0 radical (unpaired) electrons. The van der Waals surface area contributed by atoms with Crippen LogP contribution in [-0.4, -0.2) is 45.6 Å². The molecule has 0 saturated carbocycles. The summed E-state index contributed by atoms with van der Waals surface area (Å²) in [5.41, 5.74) is 6.66. The quantitative estimate of drug-likeness (QED) is 0.473. The van der Waals surface area contributed by atoms with E-state index in [0.29, 0.717) is 23.6 Å². The molecule has 174 valence electrons. The average Bonchev–Trinajstić information content (AvgIpc) is 3.32. The van der Waals surface area contributed by atoms with E-state index in [1.165, 1.54) is 24.0 Å². The van der Waals surface area contributed by atoms with E-state index < -0.39 is 0 Å². The Morgan fingerprint density at radius 1 is 1.09 bits per heavy atom. The first kappa shape index (κ1) is 22.4. The number of aromatic nitrogens is 3. The second-order valence-electron chi connectivity index (χ2n) is 9.47. The predicted molar refractivity (Wildman–Crippen MR) is 137 cm³/mol. The maximum atomic E-state index is 13.8. The van der Waals surface area contributed by atoms with Gasteiger partial charge in [-0.3, -0.25) is 9.36 Å². The molecule has 0 aliphatic carbocycles. The summed E-state index contributed by atoms with van der Waals surface area (Å²) >= 11 is 0. The number of para-hydroxylation sites is 1. The normalized spacial score (nSPS) is 15.9. The van der Waals surface area contributed by atoms with Gasteiger partial charge in [0.1, 0.15) is 6.33 Å². The molecule has 1 fully saturated rings. The van der Waals surface area contributed by atoms with E-state index in [1.807, 2.05) is 36.5 Å². The zero-order chi connectivity index (χ0) is 23.7. The molecule has 0 unspecified atom stereocenters. The van der Waals surface area contributed by atoms with Crippen molar-refractivity contribution in [2.45, 2.75) is 39.3 Å². The summed E-state index contributed by atoms with van der Waals surface area (Å²) < 4.78 is 1.62. The molecule has 4 aromatic rings. The second kappa shape index (κ2) is 9.49. The highest BCUT2D eigenvalue weighted by Gasteiger charge is 2.21. The summed E-state index contributed by atoms with van der Waals surface area (Å²) in [4.78, 5) is 25.4. The van der Waals surface area contributed by atoms with Crippen LogP contribution in [0.15, 0.2) is 65.8 Å². The van der Waals surface area contributed by atoms with Gasteiger partial charge in [-0.1, -0.05) is 47.5 Å². The molecule has 6 nitrogen and oxygen atoms in total. The second-order valence-corrected chi connectivity index (χ2v) is 9.47. The van der Waals surface area contributed by atoms with Crippen LogP contribution in [0.4, 0.5) is 0 Å². The molecule has 5 rings (SSSR count). The first-order valence-corrected chi connectivity index (χ1v) is 11.9. The Bertz CT molecular complexity index is 1350. The fraction of sp³-hybridized carbons (Fsp3) is 0.321. The molecule has 1 aliphatic heterocycles. The van der Waals surface area contributed by atoms with Crippen LogP contribution in [0.2, 0.25) is 0 Å². The molecule has 3 heterocycles. The number of nitrogens with one attached hydrogen (secondary N) is 1. The van der Waals surface area contributed by atoms with Crippen LogP contribution >= 0.6 is 0 Å². The summed E-state index contributed by atoms with van der Waals surface area (Å²) in [5.74, 6) is 0. The maximum absolute atomic E-state index is 13.8. The minimum atomic E-state index is -0.0858. The molecule has 2 aromatic carbocycles. The molecule has 1 atom stereocenters. The molecule has 34 heavy (non-hydrogen) atoms. The van der Waals surface area contributed by atoms with Crippen LogP contribution in [-0.2, 0) is 6.54 Å². The number of aryl methyl sites for hydroxylation is 2. The lowest BCUT2D eigenvalue weighted by atomic mass is 9.96. The molecular weight excluding hydrogens is 422 g/mol. The molecule has 1 saturated heterocycles. The van der Waals surface area contributed by atoms with Crippen molar-refractivity contribution in [3.63, 3.8) is 0 Å². The highest BCUT2D eigenvalue weighted by Crippen LogP contribution is 2.30. The van der Waals surface area contributed by atoms with Crippen molar-refractivity contribution in [3.05, 3.63) is 88.1 Å². The number of likely N-dealkylation sites (N-methyl/N-ethyl adjacent to an activating group) is 1. The molecular formula is C28H31N5O. The number of benzene rings is 2. The summed E-state index contributed by atoms with van der Waals surface area (Å²) in [6, 6.07) is 16.6. The fourth-order valence-corrected chi connectivity index (χ4v) is 5.08. The van der Waals surface area contributed by atoms with E-state index in [0.717, 1.165) is 35.5 Å². The standard InChI is InChI=1S/C28H31N5O/c1-19-12-20(2)14-21(13-19)24-15-30-27-26(25(24)17-32(3)16-22-8-7-11-29-22)28(34)33(18-31-27)23-9-5-4-6-10-23/h4-6,9-10,12-15,18,22,29H,7-8,11,16-17H2,1-3H3/t22-/m0/s1. The van der Waals surface area contributed by atoms with Crippen LogP contribution in [0.1, 0.15) is 29.5 Å². The third-order valence-corrected chi connectivity index (χ3v) is 6.58. The summed E-state index contributed by atoms with van der Waals surface area (Å²) in [7, 11) is 2.13. The summed E-state index contributed by atoms with van der Waals surface area (Å²) in [5, 5.41) is 4.17. The monoisotopic (exact) mass is 453 g/mol. The molecule has 0 bridgehead atoms. The number of pyridine rings is 1. The van der Waals surface area contributed by atoms with E-state index in [-0.39, 0.29) is 5.56 Å². The van der Waals surface area contributed by atoms with Crippen molar-refractivity contribution in [2.24, 2.45) is 0 Å². The Labute approximate surface area is 200 Å². The van der Waals surface area contributed by atoms with Crippen molar-refractivity contribution >= 4 is 11.0 Å². The van der Waals surface area contributed by atoms with Crippen molar-refractivity contribution < 1.29 is 0 Å². The van der Waals surface area contributed by atoms with E-state index in [2.05, 4.69) is 59.3 Å². The topological polar surface area (TPSA) is 63.1 Å². The van der Waals surface area contributed by atoms with Gasteiger partial charge in [-0.05, 0) is 63.5 Å². The molecule has 1 aliphatic rings. The Kier molecular flexibility index (Phi) is 6.26. The van der Waals surface area contributed by atoms with Crippen molar-refractivity contribution in [1.82, 2.24) is 24.8 Å². The van der Waals surface area contributed by atoms with Crippen LogP contribution in [0.3, 0.4) is 0 Å². The Morgan fingerprint density at radius 2 is 1.85 bits per heavy atom. The first-order chi connectivity index (χ1) is 16.5. The van der Waals surface area contributed by atoms with E-state index in [9.17, 15) is 4.79 Å². The lowest BCUT2D eigenvalue weighted by Gasteiger charge is -2.23. The maximum Gasteiger partial charge on any atom is 0.267 e. The number of hydrogen-bond donors (Lipinski definition) is 1. The van der Waals surface area contributed by atoms with Gasteiger partial charge in [0.2, 0.25) is 0 Å². The van der Waals surface area contributed by atoms with E-state index in [1.54, 1.807) is 10.9 Å². The summed E-state index contributed by atoms with van der Waals surface area (Å²) in [6.45, 7) is 6.87. The highest BCUT2D eigenvalue weighted by molar-refractivity contribution is 5.86. The van der Waals surface area contributed by atoms with Crippen LogP contribution in [0.5, 0.6) is 0 Å². The van der Waals surface area contributed by atoms with Gasteiger partial charge in [-0.15, -0.1) is 0 Å². The van der Waals surface area contributed by atoms with Gasteiger partial charge in [0, 0.05) is 30.9 Å². The fourth-order valence-electron chi connectivity index (χ4n) is 5.08. The number of nitrogens with zero attached hydrogens (tertiary/aromatic N) is 4. The lowest BCUT2D eigenvalue weighted by Crippen LogP contribution is -2.35. The SMILES string of the molecule is Cc1cc(C)cc(-c2cnc3ncn(-c4ccccc4)c(=O)c3c2CN(C)C[C@@H]2CCCN2)c1. The summed E-state index contributed by atoms with van der Waals surface area (Å²) in [6.07, 6.45) is 5.87. The minimum absolute atomic E-state index is 0.0858. The Morgan fingerprint density at radius 3 is 2.56 bits per heavy atom. The number of fused-ring (bicyclic) bond motifs is 1. The third-order valence-electron chi connectivity index (χ3n) is 6.58. The van der Waals surface area contributed by atoms with Gasteiger partial charge in [0.05, 0.1) is 11.1 Å². The van der Waals surface area contributed by atoms with Gasteiger partial charge in [0.25, 0.3) is 5.56 Å². The van der Waals surface area contributed by atoms with Gasteiger partial charge in [-0.25, -0.2) is 9.97 Å². The minimum Gasteiger partial charge on any atom is -0.313 e. The molecule has 0 spiro atoms. The van der Waals surface area contributed by atoms with Crippen molar-refractivity contribution in [1.29, 1.82) is 0 Å².